The van der Waals surface area contributed by atoms with Gasteiger partial charge in [0.1, 0.15) is 11.2 Å². The van der Waals surface area contributed by atoms with Gasteiger partial charge >= 0.3 is 0 Å². The van der Waals surface area contributed by atoms with Crippen molar-refractivity contribution in [1.82, 2.24) is 0 Å². The first-order chi connectivity index (χ1) is 8.29. The molecule has 0 amide bonds. The zero-order valence-corrected chi connectivity index (χ0v) is 11.5. The van der Waals surface area contributed by atoms with Crippen LogP contribution in [0.25, 0.3) is 0 Å². The van der Waals surface area contributed by atoms with Gasteiger partial charge in [0.05, 0.1) is 6.07 Å². The van der Waals surface area contributed by atoms with E-state index in [0.717, 1.165) is 6.26 Å². The van der Waals surface area contributed by atoms with Crippen LogP contribution in [-0.4, -0.2) is 25.7 Å². The van der Waals surface area contributed by atoms with Crippen LogP contribution in [0.5, 0.6) is 0 Å². The number of hydrogen-bond donors (Lipinski definition) is 0. The standard InChI is InChI=1S/C12H12ClNO3S/c1-8(18(2,16)17)12(15)10(7-14)9-5-3-4-6-11(9)13/h3-6,8,10H,1-2H3. The van der Waals surface area contributed by atoms with Gasteiger partial charge < -0.3 is 0 Å². The van der Waals surface area contributed by atoms with Gasteiger partial charge in [-0.2, -0.15) is 5.26 Å². The van der Waals surface area contributed by atoms with Crippen LogP contribution in [0.15, 0.2) is 24.3 Å². The Morgan fingerprint density at radius 1 is 1.39 bits per heavy atom. The molecule has 0 spiro atoms. The highest BCUT2D eigenvalue weighted by Crippen LogP contribution is 2.26. The SMILES string of the molecule is CC(C(=O)C(C#N)c1ccccc1Cl)S(C)(=O)=O. The Bertz CT molecular complexity index is 604. The normalized spacial score (nSPS) is 14.6. The number of Topliss-reactive ketones (excluding diaryl/α,β-unsaturated/α-hetero) is 1. The summed E-state index contributed by atoms with van der Waals surface area (Å²) in [5, 5.41) is 8.12. The Balaban J connectivity index is 3.18. The van der Waals surface area contributed by atoms with Crippen LogP contribution in [0.4, 0.5) is 0 Å². The van der Waals surface area contributed by atoms with Crippen molar-refractivity contribution < 1.29 is 13.2 Å². The van der Waals surface area contributed by atoms with Crippen molar-refractivity contribution in [2.75, 3.05) is 6.26 Å². The van der Waals surface area contributed by atoms with Gasteiger partial charge in [-0.25, -0.2) is 8.42 Å². The number of carbonyl (C=O) groups is 1. The zero-order valence-electron chi connectivity index (χ0n) is 9.92. The smallest absolute Gasteiger partial charge is 0.172 e. The number of nitriles is 1. The Kier molecular flexibility index (Phi) is 4.49. The molecule has 0 radical (unpaired) electrons. The average molecular weight is 286 g/mol. The van der Waals surface area contributed by atoms with Crippen LogP contribution >= 0.6 is 11.6 Å². The van der Waals surface area contributed by atoms with E-state index in [0.29, 0.717) is 5.56 Å². The van der Waals surface area contributed by atoms with Gasteiger partial charge in [-0.05, 0) is 18.6 Å². The molecule has 1 aromatic rings. The third-order valence-electron chi connectivity index (χ3n) is 2.67. The lowest BCUT2D eigenvalue weighted by molar-refractivity contribution is -0.118. The topological polar surface area (TPSA) is 75.0 Å². The molecule has 96 valence electrons. The van der Waals surface area contributed by atoms with Crippen molar-refractivity contribution in [3.63, 3.8) is 0 Å². The first kappa shape index (κ1) is 14.7. The minimum Gasteiger partial charge on any atom is -0.296 e. The summed E-state index contributed by atoms with van der Waals surface area (Å²) in [7, 11) is -3.52. The first-order valence-electron chi connectivity index (χ1n) is 5.15. The zero-order chi connectivity index (χ0) is 13.9. The lowest BCUT2D eigenvalue weighted by Crippen LogP contribution is -2.30. The summed E-state index contributed by atoms with van der Waals surface area (Å²) in [6.07, 6.45) is 0.969. The molecule has 1 aromatic carbocycles. The van der Waals surface area contributed by atoms with Gasteiger partial charge in [-0.3, -0.25) is 4.79 Å². The minimum absolute atomic E-state index is 0.276. The van der Waals surface area contributed by atoms with Gasteiger partial charge in [0.2, 0.25) is 0 Å². The first-order valence-corrected chi connectivity index (χ1v) is 7.49. The summed E-state index contributed by atoms with van der Waals surface area (Å²) in [6.45, 7) is 1.28. The van der Waals surface area contributed by atoms with Gasteiger partial charge in [0, 0.05) is 11.3 Å². The monoisotopic (exact) mass is 285 g/mol. The van der Waals surface area contributed by atoms with Crippen molar-refractivity contribution in [2.45, 2.75) is 18.1 Å². The van der Waals surface area contributed by atoms with E-state index in [1.807, 2.05) is 6.07 Å². The van der Waals surface area contributed by atoms with Crippen LogP contribution in [0.2, 0.25) is 5.02 Å². The van der Waals surface area contributed by atoms with E-state index in [-0.39, 0.29) is 5.02 Å². The molecule has 0 aliphatic heterocycles. The molecule has 1 rings (SSSR count). The molecule has 4 nitrogen and oxygen atoms in total. The molecule has 6 heteroatoms. The highest BCUT2D eigenvalue weighted by molar-refractivity contribution is 7.92. The lowest BCUT2D eigenvalue weighted by atomic mass is 9.94. The maximum absolute atomic E-state index is 12.0. The molecular formula is C12H12ClNO3S. The molecule has 0 heterocycles. The van der Waals surface area contributed by atoms with Crippen molar-refractivity contribution >= 4 is 27.2 Å². The number of benzene rings is 1. The van der Waals surface area contributed by atoms with E-state index in [1.165, 1.54) is 6.92 Å². The number of nitrogens with zero attached hydrogens (tertiary/aromatic N) is 1. The molecule has 0 aromatic heterocycles. The summed E-state index contributed by atoms with van der Waals surface area (Å²) in [5.41, 5.74) is 0.335. The maximum atomic E-state index is 12.0. The van der Waals surface area contributed by atoms with Gasteiger partial charge in [-0.1, -0.05) is 29.8 Å². The van der Waals surface area contributed by atoms with E-state index in [9.17, 15) is 13.2 Å². The maximum Gasteiger partial charge on any atom is 0.172 e. The fourth-order valence-electron chi connectivity index (χ4n) is 1.44. The Labute approximate surface area is 111 Å². The largest absolute Gasteiger partial charge is 0.296 e. The quantitative estimate of drug-likeness (QED) is 0.847. The van der Waals surface area contributed by atoms with Crippen LogP contribution in [-0.2, 0) is 14.6 Å². The molecule has 0 saturated heterocycles. The summed E-state index contributed by atoms with van der Waals surface area (Å²) in [6, 6.07) is 8.23. The number of ketones is 1. The summed E-state index contributed by atoms with van der Waals surface area (Å²) in [5.74, 6) is -1.82. The molecule has 0 aliphatic rings. The number of sulfone groups is 1. The predicted molar refractivity (Wildman–Crippen MR) is 69.1 cm³/mol. The molecule has 0 fully saturated rings. The number of carbonyl (C=O) groups excluding carboxylic acids is 1. The number of rotatable bonds is 4. The fourth-order valence-corrected chi connectivity index (χ4v) is 2.24. The fraction of sp³-hybridized carbons (Fsp3) is 0.333. The van der Waals surface area contributed by atoms with E-state index < -0.39 is 26.8 Å². The summed E-state index contributed by atoms with van der Waals surface area (Å²) in [4.78, 5) is 12.0. The minimum atomic E-state index is -3.52. The second-order valence-corrected chi connectivity index (χ2v) is 6.73. The van der Waals surface area contributed by atoms with Gasteiger partial charge in [-0.15, -0.1) is 0 Å². The van der Waals surface area contributed by atoms with Crippen molar-refractivity contribution in [1.29, 1.82) is 5.26 Å². The summed E-state index contributed by atoms with van der Waals surface area (Å²) >= 11 is 5.91. The molecule has 0 bridgehead atoms. The van der Waals surface area contributed by atoms with E-state index in [1.54, 1.807) is 24.3 Å². The highest BCUT2D eigenvalue weighted by Gasteiger charge is 2.32. The summed E-state index contributed by atoms with van der Waals surface area (Å²) < 4.78 is 22.7. The number of hydrogen-bond acceptors (Lipinski definition) is 4. The Morgan fingerprint density at radius 2 is 1.94 bits per heavy atom. The van der Waals surface area contributed by atoms with E-state index in [4.69, 9.17) is 16.9 Å². The Hall–Kier alpha value is -1.38. The molecule has 2 atom stereocenters. The third kappa shape index (κ3) is 3.09. The van der Waals surface area contributed by atoms with Crippen LogP contribution in [0.3, 0.4) is 0 Å². The molecular weight excluding hydrogens is 274 g/mol. The van der Waals surface area contributed by atoms with Gasteiger partial charge in [0.25, 0.3) is 0 Å². The van der Waals surface area contributed by atoms with Crippen molar-refractivity contribution in [2.24, 2.45) is 0 Å². The van der Waals surface area contributed by atoms with Crippen LogP contribution in [0.1, 0.15) is 18.4 Å². The predicted octanol–water partition coefficient (Wildman–Crippen LogP) is 1.95. The molecule has 0 N–H and O–H groups in total. The van der Waals surface area contributed by atoms with Gasteiger partial charge in [0.15, 0.2) is 15.6 Å². The second-order valence-electron chi connectivity index (χ2n) is 3.96. The number of halogens is 1. The second kappa shape index (κ2) is 5.51. The average Bonchev–Trinajstić information content (AvgIpc) is 2.30. The molecule has 18 heavy (non-hydrogen) atoms. The lowest BCUT2D eigenvalue weighted by Gasteiger charge is -2.14. The van der Waals surface area contributed by atoms with Crippen LogP contribution < -0.4 is 0 Å². The Morgan fingerprint density at radius 3 is 2.39 bits per heavy atom. The van der Waals surface area contributed by atoms with E-state index >= 15 is 0 Å². The van der Waals surface area contributed by atoms with Crippen LogP contribution in [0, 0.1) is 11.3 Å². The highest BCUT2D eigenvalue weighted by atomic mass is 35.5. The molecule has 2 unspecified atom stereocenters. The van der Waals surface area contributed by atoms with Crippen molar-refractivity contribution in [3.05, 3.63) is 34.9 Å². The molecule has 0 saturated carbocycles. The van der Waals surface area contributed by atoms with Crippen molar-refractivity contribution in [3.8, 4) is 6.07 Å². The molecule has 0 aliphatic carbocycles. The van der Waals surface area contributed by atoms with E-state index in [2.05, 4.69) is 0 Å². The third-order valence-corrected chi connectivity index (χ3v) is 4.53.